The number of nitrogens with one attached hydrogen (secondary N) is 1. The minimum atomic E-state index is -0.0972. The summed E-state index contributed by atoms with van der Waals surface area (Å²) in [6.45, 7) is 14.1. The molecule has 1 aromatic rings. The molecule has 0 aliphatic carbocycles. The third-order valence-electron chi connectivity index (χ3n) is 3.46. The highest BCUT2D eigenvalue weighted by molar-refractivity contribution is 5.43. The van der Waals surface area contributed by atoms with Crippen molar-refractivity contribution in [3.63, 3.8) is 0 Å². The average Bonchev–Trinajstić information content (AvgIpc) is 2.34. The topological polar surface area (TPSA) is 37.4 Å². The van der Waals surface area contributed by atoms with Crippen molar-refractivity contribution in [3.8, 4) is 0 Å². The Kier molecular flexibility index (Phi) is 4.66. The van der Waals surface area contributed by atoms with E-state index < -0.39 is 0 Å². The molecule has 0 amide bonds. The molecule has 2 heterocycles. The Morgan fingerprint density at radius 2 is 2.15 bits per heavy atom. The molecule has 1 saturated heterocycles. The molecule has 1 aromatic heterocycles. The number of hydrogen-bond donors (Lipinski definition) is 1. The maximum Gasteiger partial charge on any atom is 0.129 e. The van der Waals surface area contributed by atoms with Gasteiger partial charge < -0.3 is 15.0 Å². The molecule has 0 aromatic carbocycles. The first-order valence-electron chi connectivity index (χ1n) is 7.45. The average molecular weight is 277 g/mol. The number of morpholine rings is 1. The molecule has 0 radical (unpaired) electrons. The second kappa shape index (κ2) is 6.10. The Morgan fingerprint density at radius 3 is 2.80 bits per heavy atom. The fourth-order valence-electron chi connectivity index (χ4n) is 2.52. The van der Waals surface area contributed by atoms with Gasteiger partial charge in [-0.15, -0.1) is 0 Å². The molecule has 0 saturated carbocycles. The van der Waals surface area contributed by atoms with Crippen LogP contribution in [0.2, 0.25) is 0 Å². The lowest BCUT2D eigenvalue weighted by molar-refractivity contribution is -0.0279. The molecule has 20 heavy (non-hydrogen) atoms. The number of rotatable bonds is 4. The van der Waals surface area contributed by atoms with Crippen LogP contribution < -0.4 is 10.2 Å². The molecular weight excluding hydrogens is 250 g/mol. The van der Waals surface area contributed by atoms with E-state index in [-0.39, 0.29) is 5.60 Å². The molecule has 1 fully saturated rings. The number of aryl methyl sites for hydroxylation is 1. The van der Waals surface area contributed by atoms with Crippen molar-refractivity contribution in [2.75, 3.05) is 24.6 Å². The molecule has 0 atom stereocenters. The lowest BCUT2D eigenvalue weighted by Gasteiger charge is -2.39. The minimum Gasteiger partial charge on any atom is -0.372 e. The van der Waals surface area contributed by atoms with Gasteiger partial charge in [-0.3, -0.25) is 0 Å². The van der Waals surface area contributed by atoms with E-state index in [4.69, 9.17) is 9.72 Å². The van der Waals surface area contributed by atoms with Crippen LogP contribution in [-0.4, -0.2) is 36.3 Å². The van der Waals surface area contributed by atoms with Crippen molar-refractivity contribution in [2.45, 2.75) is 52.8 Å². The fourth-order valence-corrected chi connectivity index (χ4v) is 2.52. The van der Waals surface area contributed by atoms with Crippen LogP contribution >= 0.6 is 0 Å². The summed E-state index contributed by atoms with van der Waals surface area (Å²) in [4.78, 5) is 7.02. The minimum absolute atomic E-state index is 0.0972. The summed E-state index contributed by atoms with van der Waals surface area (Å²) in [7, 11) is 0. The van der Waals surface area contributed by atoms with Crippen LogP contribution in [0.4, 0.5) is 5.82 Å². The zero-order chi connectivity index (χ0) is 14.8. The molecule has 112 valence electrons. The van der Waals surface area contributed by atoms with E-state index in [0.29, 0.717) is 6.04 Å². The fraction of sp³-hybridized carbons (Fsp3) is 0.688. The van der Waals surface area contributed by atoms with Crippen molar-refractivity contribution in [2.24, 2.45) is 0 Å². The van der Waals surface area contributed by atoms with Gasteiger partial charge in [0, 0.05) is 31.4 Å². The van der Waals surface area contributed by atoms with E-state index in [1.54, 1.807) is 0 Å². The summed E-state index contributed by atoms with van der Waals surface area (Å²) in [5.41, 5.74) is 2.28. The zero-order valence-corrected chi connectivity index (χ0v) is 13.4. The van der Waals surface area contributed by atoms with Gasteiger partial charge in [0.05, 0.1) is 12.2 Å². The highest BCUT2D eigenvalue weighted by atomic mass is 16.5. The van der Waals surface area contributed by atoms with E-state index in [9.17, 15) is 0 Å². The quantitative estimate of drug-likeness (QED) is 0.917. The van der Waals surface area contributed by atoms with Crippen molar-refractivity contribution < 1.29 is 4.74 Å². The van der Waals surface area contributed by atoms with Gasteiger partial charge >= 0.3 is 0 Å². The molecule has 0 bridgehead atoms. The first kappa shape index (κ1) is 15.3. The molecule has 1 N–H and O–H groups in total. The number of ether oxygens (including phenoxy) is 1. The first-order chi connectivity index (χ1) is 9.35. The van der Waals surface area contributed by atoms with Crippen LogP contribution in [-0.2, 0) is 11.3 Å². The van der Waals surface area contributed by atoms with Crippen LogP contribution in [0.5, 0.6) is 0 Å². The predicted octanol–water partition coefficient (Wildman–Crippen LogP) is 2.50. The largest absolute Gasteiger partial charge is 0.372 e. The van der Waals surface area contributed by atoms with Gasteiger partial charge in [-0.05, 0) is 38.5 Å². The summed E-state index contributed by atoms with van der Waals surface area (Å²) in [6.07, 6.45) is 0. The smallest absolute Gasteiger partial charge is 0.129 e. The second-order valence-corrected chi connectivity index (χ2v) is 6.54. The van der Waals surface area contributed by atoms with Gasteiger partial charge in [0.2, 0.25) is 0 Å². The van der Waals surface area contributed by atoms with Gasteiger partial charge in [0.25, 0.3) is 0 Å². The van der Waals surface area contributed by atoms with E-state index in [1.807, 2.05) is 0 Å². The monoisotopic (exact) mass is 277 g/mol. The second-order valence-electron chi connectivity index (χ2n) is 6.54. The summed E-state index contributed by atoms with van der Waals surface area (Å²) < 4.78 is 5.77. The summed E-state index contributed by atoms with van der Waals surface area (Å²) in [5.74, 6) is 1.07. The number of hydrogen-bond acceptors (Lipinski definition) is 4. The van der Waals surface area contributed by atoms with E-state index >= 15 is 0 Å². The lowest BCUT2D eigenvalue weighted by atomic mass is 10.1. The Balaban J connectivity index is 2.14. The maximum absolute atomic E-state index is 5.77. The van der Waals surface area contributed by atoms with Crippen molar-refractivity contribution in [1.82, 2.24) is 10.3 Å². The van der Waals surface area contributed by atoms with Crippen molar-refractivity contribution in [1.29, 1.82) is 0 Å². The molecular formula is C16H27N3O. The molecule has 1 aliphatic heterocycles. The van der Waals surface area contributed by atoms with Crippen LogP contribution in [0.3, 0.4) is 0 Å². The van der Waals surface area contributed by atoms with Gasteiger partial charge in [-0.1, -0.05) is 13.8 Å². The van der Waals surface area contributed by atoms with Gasteiger partial charge in [-0.25, -0.2) is 4.98 Å². The Labute approximate surface area is 122 Å². The normalized spacial score (nSPS) is 18.6. The molecule has 0 unspecified atom stereocenters. The van der Waals surface area contributed by atoms with Crippen LogP contribution in [0.1, 0.15) is 39.0 Å². The standard InChI is InChI=1S/C16H27N3O/c1-12(2)17-10-14-8-13(3)18-15(9-14)19-6-7-20-16(4,5)11-19/h8-9,12,17H,6-7,10-11H2,1-5H3. The summed E-state index contributed by atoms with van der Waals surface area (Å²) in [6, 6.07) is 4.85. The SMILES string of the molecule is Cc1cc(CNC(C)C)cc(N2CCOC(C)(C)C2)n1. The van der Waals surface area contributed by atoms with Crippen molar-refractivity contribution in [3.05, 3.63) is 23.4 Å². The summed E-state index contributed by atoms with van der Waals surface area (Å²) >= 11 is 0. The van der Waals surface area contributed by atoms with Gasteiger partial charge in [0.1, 0.15) is 5.82 Å². The Hall–Kier alpha value is -1.13. The molecule has 1 aliphatic rings. The molecule has 0 spiro atoms. The highest BCUT2D eigenvalue weighted by Crippen LogP contribution is 2.22. The van der Waals surface area contributed by atoms with Gasteiger partial charge in [-0.2, -0.15) is 0 Å². The summed E-state index contributed by atoms with van der Waals surface area (Å²) in [5, 5.41) is 3.46. The van der Waals surface area contributed by atoms with Crippen LogP contribution in [0, 0.1) is 6.92 Å². The lowest BCUT2D eigenvalue weighted by Crippen LogP contribution is -2.48. The predicted molar refractivity (Wildman–Crippen MR) is 83.2 cm³/mol. The van der Waals surface area contributed by atoms with E-state index in [2.05, 4.69) is 57.0 Å². The van der Waals surface area contributed by atoms with E-state index in [0.717, 1.165) is 37.8 Å². The molecule has 2 rings (SSSR count). The van der Waals surface area contributed by atoms with Gasteiger partial charge in [0.15, 0.2) is 0 Å². The third-order valence-corrected chi connectivity index (χ3v) is 3.46. The number of nitrogens with zero attached hydrogens (tertiary/aromatic N) is 2. The van der Waals surface area contributed by atoms with Crippen LogP contribution in [0.25, 0.3) is 0 Å². The third kappa shape index (κ3) is 4.18. The zero-order valence-electron chi connectivity index (χ0n) is 13.4. The Bertz CT molecular complexity index is 457. The molecule has 4 nitrogen and oxygen atoms in total. The number of anilines is 1. The highest BCUT2D eigenvalue weighted by Gasteiger charge is 2.28. The van der Waals surface area contributed by atoms with Crippen molar-refractivity contribution >= 4 is 5.82 Å². The van der Waals surface area contributed by atoms with E-state index in [1.165, 1.54) is 5.56 Å². The molecule has 4 heteroatoms. The van der Waals surface area contributed by atoms with Crippen LogP contribution in [0.15, 0.2) is 12.1 Å². The maximum atomic E-state index is 5.77. The first-order valence-corrected chi connectivity index (χ1v) is 7.45. The number of aromatic nitrogens is 1. The Morgan fingerprint density at radius 1 is 1.40 bits per heavy atom. The number of pyridine rings is 1.